The quantitative estimate of drug-likeness (QED) is 0.539. The molecule has 0 atom stereocenters. The van der Waals surface area contributed by atoms with Crippen LogP contribution in [-0.2, 0) is 6.42 Å². The molecule has 1 aromatic rings. The van der Waals surface area contributed by atoms with Crippen molar-refractivity contribution in [1.82, 2.24) is 0 Å². The molecular formula is C8H8ClFN2. The van der Waals surface area contributed by atoms with E-state index in [9.17, 15) is 4.39 Å². The minimum absolute atomic E-state index is 0.0171. The Morgan fingerprint density at radius 1 is 1.58 bits per heavy atom. The highest BCUT2D eigenvalue weighted by molar-refractivity contribution is 6.31. The largest absolute Gasteiger partial charge is 0.387 e. The van der Waals surface area contributed by atoms with Gasteiger partial charge >= 0.3 is 0 Å². The molecule has 12 heavy (non-hydrogen) atoms. The van der Waals surface area contributed by atoms with E-state index >= 15 is 0 Å². The molecular weight excluding hydrogens is 179 g/mol. The van der Waals surface area contributed by atoms with Crippen LogP contribution in [0.25, 0.3) is 0 Å². The van der Waals surface area contributed by atoms with Crippen LogP contribution in [0.3, 0.4) is 0 Å². The first-order chi connectivity index (χ1) is 5.59. The van der Waals surface area contributed by atoms with Crippen LogP contribution in [0, 0.1) is 11.2 Å². The summed E-state index contributed by atoms with van der Waals surface area (Å²) in [6.45, 7) is 0. The maximum absolute atomic E-state index is 12.5. The van der Waals surface area contributed by atoms with Crippen LogP contribution in [-0.4, -0.2) is 5.84 Å². The molecule has 0 radical (unpaired) electrons. The number of amidine groups is 1. The first-order valence-corrected chi connectivity index (χ1v) is 3.74. The number of rotatable bonds is 2. The zero-order valence-electron chi connectivity index (χ0n) is 6.27. The summed E-state index contributed by atoms with van der Waals surface area (Å²) in [7, 11) is 0. The van der Waals surface area contributed by atoms with Crippen molar-refractivity contribution in [3.05, 3.63) is 34.6 Å². The fourth-order valence-electron chi connectivity index (χ4n) is 0.870. The molecule has 1 aromatic carbocycles. The Balaban J connectivity index is 2.93. The Morgan fingerprint density at radius 2 is 2.25 bits per heavy atom. The van der Waals surface area contributed by atoms with Crippen LogP contribution in [0.2, 0.25) is 5.02 Å². The first kappa shape index (κ1) is 9.00. The van der Waals surface area contributed by atoms with Crippen LogP contribution in [0.15, 0.2) is 18.2 Å². The fraction of sp³-hybridized carbons (Fsp3) is 0.125. The van der Waals surface area contributed by atoms with Gasteiger partial charge in [-0.1, -0.05) is 17.7 Å². The Morgan fingerprint density at radius 3 is 2.75 bits per heavy atom. The average Bonchev–Trinajstić information content (AvgIpc) is 1.94. The molecule has 1 rings (SSSR count). The number of halogens is 2. The van der Waals surface area contributed by atoms with Gasteiger partial charge in [-0.3, -0.25) is 5.41 Å². The molecule has 0 unspecified atom stereocenters. The molecule has 0 saturated carbocycles. The topological polar surface area (TPSA) is 49.9 Å². The summed E-state index contributed by atoms with van der Waals surface area (Å²) in [5, 5.41) is 7.32. The molecule has 0 aliphatic heterocycles. The normalized spacial score (nSPS) is 9.83. The Kier molecular flexibility index (Phi) is 2.65. The minimum atomic E-state index is -0.382. The third-order valence-electron chi connectivity index (χ3n) is 1.40. The van der Waals surface area contributed by atoms with Gasteiger partial charge in [-0.25, -0.2) is 4.39 Å². The fourth-order valence-corrected chi connectivity index (χ4v) is 1.10. The van der Waals surface area contributed by atoms with Crippen LogP contribution in [0.4, 0.5) is 4.39 Å². The highest BCUT2D eigenvalue weighted by Gasteiger charge is 2.02. The van der Waals surface area contributed by atoms with Gasteiger partial charge in [-0.2, -0.15) is 0 Å². The number of nitrogens with two attached hydrogens (primary N) is 1. The lowest BCUT2D eigenvalue weighted by molar-refractivity contribution is 0.627. The third kappa shape index (κ3) is 2.20. The predicted molar refractivity (Wildman–Crippen MR) is 47.0 cm³/mol. The summed E-state index contributed by atoms with van der Waals surface area (Å²) in [5.41, 5.74) is 5.83. The highest BCUT2D eigenvalue weighted by atomic mass is 35.5. The number of hydrogen-bond acceptors (Lipinski definition) is 1. The van der Waals surface area contributed by atoms with E-state index in [1.165, 1.54) is 18.2 Å². The van der Waals surface area contributed by atoms with Crippen molar-refractivity contribution in [2.45, 2.75) is 6.42 Å². The van der Waals surface area contributed by atoms with E-state index in [2.05, 4.69) is 0 Å². The van der Waals surface area contributed by atoms with Crippen LogP contribution >= 0.6 is 11.6 Å². The van der Waals surface area contributed by atoms with E-state index in [1.807, 2.05) is 0 Å². The van der Waals surface area contributed by atoms with Gasteiger partial charge in [0.05, 0.1) is 5.84 Å². The Hall–Kier alpha value is -1.09. The van der Waals surface area contributed by atoms with Gasteiger partial charge in [-0.05, 0) is 17.7 Å². The second-order valence-corrected chi connectivity index (χ2v) is 2.84. The smallest absolute Gasteiger partial charge is 0.124 e. The molecule has 0 heterocycles. The lowest BCUT2D eigenvalue weighted by Gasteiger charge is -2.01. The van der Waals surface area contributed by atoms with Crippen LogP contribution in [0.1, 0.15) is 5.56 Å². The molecule has 0 spiro atoms. The summed E-state index contributed by atoms with van der Waals surface area (Å²) < 4.78 is 12.5. The van der Waals surface area contributed by atoms with Gasteiger partial charge in [-0.15, -0.1) is 0 Å². The van der Waals surface area contributed by atoms with E-state index in [0.29, 0.717) is 10.6 Å². The lowest BCUT2D eigenvalue weighted by Crippen LogP contribution is -2.12. The van der Waals surface area contributed by atoms with Crippen molar-refractivity contribution >= 4 is 17.4 Å². The molecule has 0 fully saturated rings. The first-order valence-electron chi connectivity index (χ1n) is 3.36. The standard InChI is InChI=1S/C8H8ClFN2/c9-7-4-6(10)2-1-5(7)3-8(11)12/h1-2,4H,3H2,(H3,11,12). The lowest BCUT2D eigenvalue weighted by atomic mass is 10.1. The zero-order chi connectivity index (χ0) is 9.14. The maximum atomic E-state index is 12.5. The predicted octanol–water partition coefficient (Wildman–Crippen LogP) is 1.96. The number of hydrogen-bond donors (Lipinski definition) is 2. The van der Waals surface area contributed by atoms with Crippen molar-refractivity contribution in [1.29, 1.82) is 5.41 Å². The minimum Gasteiger partial charge on any atom is -0.387 e. The van der Waals surface area contributed by atoms with E-state index in [1.54, 1.807) is 0 Å². The third-order valence-corrected chi connectivity index (χ3v) is 1.75. The molecule has 3 N–H and O–H groups in total. The van der Waals surface area contributed by atoms with Crippen molar-refractivity contribution < 1.29 is 4.39 Å². The summed E-state index contributed by atoms with van der Waals surface area (Å²) in [6, 6.07) is 4.03. The molecule has 64 valence electrons. The number of benzene rings is 1. The monoisotopic (exact) mass is 186 g/mol. The van der Waals surface area contributed by atoms with E-state index in [0.717, 1.165) is 0 Å². The Labute approximate surface area is 74.7 Å². The van der Waals surface area contributed by atoms with Gasteiger partial charge < -0.3 is 5.73 Å². The van der Waals surface area contributed by atoms with Crippen molar-refractivity contribution in [2.75, 3.05) is 0 Å². The number of nitrogens with one attached hydrogen (secondary N) is 1. The van der Waals surface area contributed by atoms with Crippen molar-refractivity contribution in [2.24, 2.45) is 5.73 Å². The second-order valence-electron chi connectivity index (χ2n) is 2.44. The zero-order valence-corrected chi connectivity index (χ0v) is 7.03. The average molecular weight is 187 g/mol. The maximum Gasteiger partial charge on any atom is 0.124 e. The van der Waals surface area contributed by atoms with Crippen LogP contribution in [0.5, 0.6) is 0 Å². The summed E-state index contributed by atoms with van der Waals surface area (Å²) in [5.74, 6) is -0.365. The molecule has 2 nitrogen and oxygen atoms in total. The summed E-state index contributed by atoms with van der Waals surface area (Å²) in [6.07, 6.45) is 0.263. The van der Waals surface area contributed by atoms with E-state index in [4.69, 9.17) is 22.7 Å². The molecule has 4 heteroatoms. The molecule has 0 aliphatic rings. The molecule has 0 bridgehead atoms. The molecule has 0 aliphatic carbocycles. The molecule has 0 aromatic heterocycles. The van der Waals surface area contributed by atoms with Gasteiger partial charge in [0, 0.05) is 11.4 Å². The van der Waals surface area contributed by atoms with Gasteiger partial charge in [0.1, 0.15) is 5.82 Å². The van der Waals surface area contributed by atoms with Gasteiger partial charge in [0.25, 0.3) is 0 Å². The highest BCUT2D eigenvalue weighted by Crippen LogP contribution is 2.17. The SMILES string of the molecule is N=C(N)Cc1ccc(F)cc1Cl. The van der Waals surface area contributed by atoms with Gasteiger partial charge in [0.2, 0.25) is 0 Å². The summed E-state index contributed by atoms with van der Waals surface area (Å²) in [4.78, 5) is 0. The van der Waals surface area contributed by atoms with Crippen LogP contribution < -0.4 is 5.73 Å². The summed E-state index contributed by atoms with van der Waals surface area (Å²) >= 11 is 5.68. The Bertz CT molecular complexity index is 312. The van der Waals surface area contributed by atoms with E-state index < -0.39 is 0 Å². The molecule has 0 amide bonds. The van der Waals surface area contributed by atoms with Gasteiger partial charge in [0.15, 0.2) is 0 Å². The van der Waals surface area contributed by atoms with Crippen molar-refractivity contribution in [3.63, 3.8) is 0 Å². The van der Waals surface area contributed by atoms with Crippen molar-refractivity contribution in [3.8, 4) is 0 Å². The second kappa shape index (κ2) is 3.54. The molecule has 0 saturated heterocycles. The van der Waals surface area contributed by atoms with E-state index in [-0.39, 0.29) is 18.1 Å².